The van der Waals surface area contributed by atoms with Crippen molar-refractivity contribution < 1.29 is 9.21 Å². The van der Waals surface area contributed by atoms with Crippen LogP contribution < -0.4 is 4.80 Å². The Labute approximate surface area is 194 Å². The van der Waals surface area contributed by atoms with Crippen molar-refractivity contribution in [3.05, 3.63) is 105 Å². The highest BCUT2D eigenvalue weighted by Crippen LogP contribution is 2.25. The van der Waals surface area contributed by atoms with Crippen LogP contribution >= 0.6 is 27.3 Å². The van der Waals surface area contributed by atoms with E-state index in [9.17, 15) is 4.79 Å². The first-order valence-electron chi connectivity index (χ1n) is 9.54. The summed E-state index contributed by atoms with van der Waals surface area (Å²) in [5.74, 6) is -0.0922. The molecule has 0 atom stereocenters. The summed E-state index contributed by atoms with van der Waals surface area (Å²) in [6, 6.07) is 20.4. The van der Waals surface area contributed by atoms with E-state index in [1.807, 2.05) is 60.7 Å². The molecule has 32 heavy (non-hydrogen) atoms. The van der Waals surface area contributed by atoms with Crippen LogP contribution in [0.25, 0.3) is 16.7 Å². The number of ketones is 1. The lowest BCUT2D eigenvalue weighted by Gasteiger charge is -1.99. The van der Waals surface area contributed by atoms with Crippen LogP contribution in [-0.4, -0.2) is 26.8 Å². The van der Waals surface area contributed by atoms with Crippen LogP contribution in [0.5, 0.6) is 0 Å². The fourth-order valence-electron chi connectivity index (χ4n) is 3.00. The van der Waals surface area contributed by atoms with Gasteiger partial charge in [0.2, 0.25) is 4.80 Å². The van der Waals surface area contributed by atoms with Gasteiger partial charge in [-0.25, -0.2) is 4.68 Å². The molecule has 3 aromatic heterocycles. The quantitative estimate of drug-likeness (QED) is 0.192. The first-order valence-corrected chi connectivity index (χ1v) is 11.1. The van der Waals surface area contributed by atoms with E-state index < -0.39 is 0 Å². The molecule has 7 nitrogen and oxygen atoms in total. The highest BCUT2D eigenvalue weighted by Gasteiger charge is 2.20. The Kier molecular flexibility index (Phi) is 5.57. The van der Waals surface area contributed by atoms with Gasteiger partial charge in [0.15, 0.2) is 10.8 Å². The van der Waals surface area contributed by atoms with E-state index in [2.05, 4.69) is 36.2 Å². The Morgan fingerprint density at radius 2 is 1.88 bits per heavy atom. The van der Waals surface area contributed by atoms with Gasteiger partial charge in [-0.1, -0.05) is 45.5 Å². The van der Waals surface area contributed by atoms with Gasteiger partial charge in [-0.15, -0.1) is 5.10 Å². The second-order valence-corrected chi connectivity index (χ2v) is 8.56. The van der Waals surface area contributed by atoms with Crippen LogP contribution in [0.3, 0.4) is 0 Å². The molecular formula is C23H14BrN5O2S. The number of benzene rings is 2. The zero-order valence-corrected chi connectivity index (χ0v) is 18.8. The van der Waals surface area contributed by atoms with Gasteiger partial charge in [0, 0.05) is 22.3 Å². The maximum Gasteiger partial charge on any atom is 0.258 e. The summed E-state index contributed by atoms with van der Waals surface area (Å²) in [6.45, 7) is 0. The van der Waals surface area contributed by atoms with Crippen LogP contribution in [0, 0.1) is 0 Å². The highest BCUT2D eigenvalue weighted by atomic mass is 79.9. The summed E-state index contributed by atoms with van der Waals surface area (Å²) in [5.41, 5.74) is 2.27. The van der Waals surface area contributed by atoms with E-state index in [4.69, 9.17) is 4.42 Å². The van der Waals surface area contributed by atoms with E-state index >= 15 is 0 Å². The van der Waals surface area contributed by atoms with Gasteiger partial charge in [0.1, 0.15) is 5.58 Å². The van der Waals surface area contributed by atoms with Gasteiger partial charge >= 0.3 is 0 Å². The number of carbonyl (C=O) groups is 1. The van der Waals surface area contributed by atoms with E-state index in [1.165, 1.54) is 0 Å². The van der Waals surface area contributed by atoms with E-state index in [-0.39, 0.29) is 16.6 Å². The predicted molar refractivity (Wildman–Crippen MR) is 126 cm³/mol. The van der Waals surface area contributed by atoms with Crippen molar-refractivity contribution in [2.45, 2.75) is 0 Å². The smallest absolute Gasteiger partial charge is 0.258 e. The van der Waals surface area contributed by atoms with E-state index in [0.717, 1.165) is 32.4 Å². The summed E-state index contributed by atoms with van der Waals surface area (Å²) in [4.78, 5) is 17.6. The van der Waals surface area contributed by atoms with Crippen molar-refractivity contribution >= 4 is 50.2 Å². The Balaban J connectivity index is 1.56. The molecule has 9 heteroatoms. The van der Waals surface area contributed by atoms with Gasteiger partial charge < -0.3 is 4.42 Å². The Bertz CT molecular complexity index is 1500. The summed E-state index contributed by atoms with van der Waals surface area (Å²) >= 11 is 4.58. The summed E-state index contributed by atoms with van der Waals surface area (Å²) in [7, 11) is 0. The molecule has 0 amide bonds. The first kappa shape index (κ1) is 20.2. The zero-order chi connectivity index (χ0) is 21.9. The Morgan fingerprint density at radius 1 is 1.06 bits per heavy atom. The lowest BCUT2D eigenvalue weighted by atomic mass is 10.2. The molecule has 0 saturated carbocycles. The third-order valence-electron chi connectivity index (χ3n) is 4.51. The third-order valence-corrected chi connectivity index (χ3v) is 5.90. The molecule has 0 fully saturated rings. The lowest BCUT2D eigenvalue weighted by molar-refractivity contribution is 0.101. The molecule has 0 aliphatic rings. The number of rotatable bonds is 5. The summed E-state index contributed by atoms with van der Waals surface area (Å²) < 4.78 is 8.26. The number of furan rings is 1. The lowest BCUT2D eigenvalue weighted by Crippen LogP contribution is -2.14. The predicted octanol–water partition coefficient (Wildman–Crippen LogP) is 5.00. The number of nitrogens with zero attached hydrogens (tertiary/aromatic N) is 5. The number of pyridine rings is 1. The average Bonchev–Trinajstić information content (AvgIpc) is 3.44. The van der Waals surface area contributed by atoms with E-state index in [1.54, 1.807) is 29.4 Å². The summed E-state index contributed by atoms with van der Waals surface area (Å²) in [6.07, 6.45) is 4.98. The minimum absolute atomic E-state index is 0.221. The maximum atomic E-state index is 13.1. The van der Waals surface area contributed by atoms with Gasteiger partial charge in [0.25, 0.3) is 5.78 Å². The molecule has 0 bridgehead atoms. The second kappa shape index (κ2) is 8.81. The van der Waals surface area contributed by atoms with Gasteiger partial charge in [-0.05, 0) is 54.1 Å². The number of carbonyl (C=O) groups excluding carboxylic acids is 1. The molecule has 0 aliphatic heterocycles. The van der Waals surface area contributed by atoms with Crippen molar-refractivity contribution in [2.75, 3.05) is 0 Å². The molecule has 5 rings (SSSR count). The highest BCUT2D eigenvalue weighted by molar-refractivity contribution is 9.10. The first-order chi connectivity index (χ1) is 15.7. The molecule has 0 radical (unpaired) electrons. The monoisotopic (exact) mass is 503 g/mol. The van der Waals surface area contributed by atoms with Crippen molar-refractivity contribution in [2.24, 2.45) is 10.2 Å². The molecule has 3 heterocycles. The number of hydrogen-bond acceptors (Lipinski definition) is 7. The molecule has 5 aromatic rings. The number of para-hydroxylation sites is 1. The minimum Gasteiger partial charge on any atom is -0.452 e. The second-order valence-electron chi connectivity index (χ2n) is 6.68. The van der Waals surface area contributed by atoms with Crippen LogP contribution in [0.1, 0.15) is 21.1 Å². The minimum atomic E-state index is -0.313. The van der Waals surface area contributed by atoms with Gasteiger partial charge in [-0.2, -0.15) is 10.2 Å². The fourth-order valence-corrected chi connectivity index (χ4v) is 4.19. The molecule has 156 valence electrons. The number of halogens is 1. The Hall–Kier alpha value is -3.69. The maximum absolute atomic E-state index is 13.1. The molecule has 2 aromatic carbocycles. The molecule has 0 spiro atoms. The molecule has 0 N–H and O–H groups in total. The molecule has 0 saturated heterocycles. The van der Waals surface area contributed by atoms with Crippen LogP contribution in [0.2, 0.25) is 0 Å². The summed E-state index contributed by atoms with van der Waals surface area (Å²) in [5, 5.41) is 14.1. The number of hydrogen-bond donors (Lipinski definition) is 0. The average molecular weight is 504 g/mol. The molecular weight excluding hydrogens is 490 g/mol. The van der Waals surface area contributed by atoms with Gasteiger partial charge in [-0.3, -0.25) is 9.78 Å². The topological polar surface area (TPSA) is 85.6 Å². The third kappa shape index (κ3) is 4.20. The standard InChI is InChI=1S/C23H14BrN5O2S/c24-17-6-7-19-16(12-17)13-20(31-19)21(30)22-28-29(18-4-2-1-3-5-18)23(32-22)27-26-14-15-8-10-25-11-9-15/h1-14H/b26-14+,27-23+. The Morgan fingerprint density at radius 3 is 2.69 bits per heavy atom. The largest absolute Gasteiger partial charge is 0.452 e. The molecule has 0 aliphatic carbocycles. The number of aromatic nitrogens is 3. The van der Waals surface area contributed by atoms with Crippen LogP contribution in [0.15, 0.2) is 98.2 Å². The SMILES string of the molecule is O=C(c1cc2cc(Br)ccc2o1)c1nn(-c2ccccc2)/c(=N\N=C\c2ccncc2)s1. The normalized spacial score (nSPS) is 12.1. The van der Waals surface area contributed by atoms with Crippen molar-refractivity contribution in [3.8, 4) is 5.69 Å². The van der Waals surface area contributed by atoms with Crippen molar-refractivity contribution in [1.82, 2.24) is 14.8 Å². The van der Waals surface area contributed by atoms with E-state index in [0.29, 0.717) is 10.4 Å². The van der Waals surface area contributed by atoms with Gasteiger partial charge in [0.05, 0.1) is 11.9 Å². The zero-order valence-electron chi connectivity index (χ0n) is 16.4. The van der Waals surface area contributed by atoms with Crippen LogP contribution in [0.4, 0.5) is 0 Å². The molecule has 0 unspecified atom stereocenters. The van der Waals surface area contributed by atoms with Crippen molar-refractivity contribution in [3.63, 3.8) is 0 Å². The van der Waals surface area contributed by atoms with Crippen molar-refractivity contribution in [1.29, 1.82) is 0 Å². The number of fused-ring (bicyclic) bond motifs is 1. The van der Waals surface area contributed by atoms with Crippen LogP contribution in [-0.2, 0) is 0 Å². The fraction of sp³-hybridized carbons (Fsp3) is 0.